The van der Waals surface area contributed by atoms with Gasteiger partial charge in [0.25, 0.3) is 5.91 Å². The maximum atomic E-state index is 13.5. The Morgan fingerprint density at radius 3 is 2.84 bits per heavy atom. The summed E-state index contributed by atoms with van der Waals surface area (Å²) in [4.78, 5) is 11.9. The zero-order valence-corrected chi connectivity index (χ0v) is 10.6. The van der Waals surface area contributed by atoms with Crippen LogP contribution in [0.25, 0.3) is 0 Å². The van der Waals surface area contributed by atoms with Crippen molar-refractivity contribution in [1.82, 2.24) is 5.32 Å². The predicted molar refractivity (Wildman–Crippen MR) is 65.5 cm³/mol. The third-order valence-corrected chi connectivity index (χ3v) is 3.21. The first-order chi connectivity index (χ1) is 9.00. The van der Waals surface area contributed by atoms with Gasteiger partial charge in [0, 0.05) is 0 Å². The van der Waals surface area contributed by atoms with Crippen molar-refractivity contribution in [1.29, 1.82) is 0 Å². The molecule has 0 unspecified atom stereocenters. The lowest BCUT2D eigenvalue weighted by molar-refractivity contribution is -0.102. The summed E-state index contributed by atoms with van der Waals surface area (Å²) in [5.41, 5.74) is -0.295. The molecule has 1 aromatic carbocycles. The minimum Gasteiger partial charge on any atom is -0.388 e. The van der Waals surface area contributed by atoms with Crippen LogP contribution < -0.4 is 5.32 Å². The zero-order chi connectivity index (χ0) is 14.0. The number of rotatable bonds is 2. The Balaban J connectivity index is 2.13. The van der Waals surface area contributed by atoms with Crippen LogP contribution in [-0.4, -0.2) is 47.6 Å². The Labute approximate surface area is 113 Å². The maximum absolute atomic E-state index is 13.5. The van der Waals surface area contributed by atoms with E-state index in [-0.39, 0.29) is 23.8 Å². The van der Waals surface area contributed by atoms with E-state index in [1.165, 1.54) is 12.1 Å². The van der Waals surface area contributed by atoms with Crippen LogP contribution in [0.4, 0.5) is 4.39 Å². The minimum atomic E-state index is -1.16. The maximum Gasteiger partial charge on any atom is 0.256 e. The Hall–Kier alpha value is -1.21. The third-order valence-electron chi connectivity index (χ3n) is 2.90. The molecule has 19 heavy (non-hydrogen) atoms. The van der Waals surface area contributed by atoms with Gasteiger partial charge in [0.1, 0.15) is 18.0 Å². The lowest BCUT2D eigenvalue weighted by atomic mass is 10.0. The first kappa shape index (κ1) is 14.2. The highest BCUT2D eigenvalue weighted by Gasteiger charge is 2.33. The first-order valence-electron chi connectivity index (χ1n) is 5.69. The number of carbonyl (C=O) groups is 1. The van der Waals surface area contributed by atoms with Gasteiger partial charge in [0.15, 0.2) is 0 Å². The number of aliphatic hydroxyl groups is 2. The molecule has 0 aromatic heterocycles. The summed E-state index contributed by atoms with van der Waals surface area (Å²) in [5, 5.41) is 21.5. The summed E-state index contributed by atoms with van der Waals surface area (Å²) in [5.74, 6) is -1.51. The van der Waals surface area contributed by atoms with E-state index in [1.807, 2.05) is 0 Å². The van der Waals surface area contributed by atoms with E-state index in [2.05, 4.69) is 5.32 Å². The summed E-state index contributed by atoms with van der Waals surface area (Å²) >= 11 is 5.76. The topological polar surface area (TPSA) is 78.8 Å². The largest absolute Gasteiger partial charge is 0.388 e. The molecule has 7 heteroatoms. The van der Waals surface area contributed by atoms with Gasteiger partial charge in [0.05, 0.1) is 29.8 Å². The van der Waals surface area contributed by atoms with Crippen molar-refractivity contribution in [2.45, 2.75) is 18.2 Å². The molecule has 0 radical (unpaired) electrons. The molecule has 0 saturated carbocycles. The van der Waals surface area contributed by atoms with E-state index in [4.69, 9.17) is 16.3 Å². The number of amides is 1. The van der Waals surface area contributed by atoms with Gasteiger partial charge in [-0.25, -0.2) is 4.39 Å². The molecular formula is C12H13ClFNO4. The highest BCUT2D eigenvalue weighted by molar-refractivity contribution is 6.33. The number of aliphatic hydroxyl groups excluding tert-OH is 2. The smallest absolute Gasteiger partial charge is 0.256 e. The Kier molecular flexibility index (Phi) is 4.36. The van der Waals surface area contributed by atoms with Gasteiger partial charge in [-0.15, -0.1) is 0 Å². The van der Waals surface area contributed by atoms with E-state index in [1.54, 1.807) is 0 Å². The van der Waals surface area contributed by atoms with Crippen LogP contribution in [0.1, 0.15) is 10.4 Å². The average Bonchev–Trinajstić information content (AvgIpc) is 2.35. The molecule has 0 aliphatic carbocycles. The van der Waals surface area contributed by atoms with Crippen LogP contribution in [0.2, 0.25) is 5.02 Å². The van der Waals surface area contributed by atoms with Gasteiger partial charge in [-0.3, -0.25) is 4.79 Å². The van der Waals surface area contributed by atoms with Crippen molar-refractivity contribution in [3.05, 3.63) is 34.6 Å². The van der Waals surface area contributed by atoms with Crippen molar-refractivity contribution >= 4 is 17.5 Å². The number of hydrogen-bond donors (Lipinski definition) is 3. The molecule has 5 nitrogen and oxygen atoms in total. The Bertz CT molecular complexity index is 465. The van der Waals surface area contributed by atoms with Crippen LogP contribution in [0, 0.1) is 5.82 Å². The van der Waals surface area contributed by atoms with Crippen LogP contribution in [0.5, 0.6) is 0 Å². The number of carbonyl (C=O) groups excluding carboxylic acids is 1. The average molecular weight is 290 g/mol. The minimum absolute atomic E-state index is 0.00596. The standard InChI is InChI=1S/C12H13ClFNO4/c13-6-2-1-3-7(14)10(6)12(18)15-8-4-19-5-9(16)11(8)17/h1-3,8-9,11,16-17H,4-5H2,(H,15,18)/t8-,9-,11+/m1/s1. The molecule has 1 aliphatic rings. The summed E-state index contributed by atoms with van der Waals surface area (Å²) in [6.45, 7) is 0.0318. The second-order valence-electron chi connectivity index (χ2n) is 4.27. The predicted octanol–water partition coefficient (Wildman–Crippen LogP) is 0.329. The lowest BCUT2D eigenvalue weighted by Gasteiger charge is -2.32. The Morgan fingerprint density at radius 1 is 1.42 bits per heavy atom. The normalized spacial score (nSPS) is 27.1. The first-order valence-corrected chi connectivity index (χ1v) is 6.07. The quantitative estimate of drug-likeness (QED) is 0.733. The van der Waals surface area contributed by atoms with E-state index in [0.29, 0.717) is 0 Å². The van der Waals surface area contributed by atoms with Gasteiger partial charge in [-0.05, 0) is 12.1 Å². The second-order valence-corrected chi connectivity index (χ2v) is 4.68. The molecule has 1 saturated heterocycles. The van der Waals surface area contributed by atoms with Crippen molar-refractivity contribution in [3.63, 3.8) is 0 Å². The molecule has 3 N–H and O–H groups in total. The summed E-state index contributed by atoms with van der Waals surface area (Å²) in [6, 6.07) is 3.08. The van der Waals surface area contributed by atoms with Gasteiger partial charge in [0.2, 0.25) is 0 Å². The van der Waals surface area contributed by atoms with Crippen LogP contribution in [0.3, 0.4) is 0 Å². The summed E-state index contributed by atoms with van der Waals surface area (Å²) < 4.78 is 18.6. The molecular weight excluding hydrogens is 277 g/mol. The molecule has 0 bridgehead atoms. The third kappa shape index (κ3) is 3.03. The molecule has 1 aromatic rings. The molecule has 104 valence electrons. The molecule has 1 fully saturated rings. The van der Waals surface area contributed by atoms with Crippen LogP contribution in [-0.2, 0) is 4.74 Å². The number of hydrogen-bond acceptors (Lipinski definition) is 4. The number of halogens is 2. The Morgan fingerprint density at radius 2 is 2.16 bits per heavy atom. The molecule has 1 aliphatic heterocycles. The fourth-order valence-electron chi connectivity index (χ4n) is 1.86. The zero-order valence-electron chi connectivity index (χ0n) is 9.85. The van der Waals surface area contributed by atoms with Crippen LogP contribution in [0.15, 0.2) is 18.2 Å². The second kappa shape index (κ2) is 5.83. The molecule has 2 rings (SSSR count). The van der Waals surface area contributed by atoms with E-state index in [0.717, 1.165) is 6.07 Å². The molecule has 1 heterocycles. The van der Waals surface area contributed by atoms with Gasteiger partial charge < -0.3 is 20.3 Å². The van der Waals surface area contributed by atoms with Gasteiger partial charge >= 0.3 is 0 Å². The number of ether oxygens (including phenoxy) is 1. The monoisotopic (exact) mass is 289 g/mol. The fraction of sp³-hybridized carbons (Fsp3) is 0.417. The summed E-state index contributed by atoms with van der Waals surface area (Å²) in [7, 11) is 0. The van der Waals surface area contributed by atoms with Crippen LogP contribution >= 0.6 is 11.6 Å². The van der Waals surface area contributed by atoms with Gasteiger partial charge in [-0.1, -0.05) is 17.7 Å². The molecule has 0 spiro atoms. The fourth-order valence-corrected chi connectivity index (χ4v) is 2.11. The highest BCUT2D eigenvalue weighted by Crippen LogP contribution is 2.19. The number of benzene rings is 1. The van der Waals surface area contributed by atoms with Crippen molar-refractivity contribution < 1.29 is 24.1 Å². The molecule has 3 atom stereocenters. The van der Waals surface area contributed by atoms with E-state index >= 15 is 0 Å². The van der Waals surface area contributed by atoms with E-state index in [9.17, 15) is 19.4 Å². The highest BCUT2D eigenvalue weighted by atomic mass is 35.5. The van der Waals surface area contributed by atoms with Crippen molar-refractivity contribution in [2.24, 2.45) is 0 Å². The van der Waals surface area contributed by atoms with E-state index < -0.39 is 30.0 Å². The summed E-state index contributed by atoms with van der Waals surface area (Å²) in [6.07, 6.45) is -2.25. The lowest BCUT2D eigenvalue weighted by Crippen LogP contribution is -2.55. The SMILES string of the molecule is O=C(N[C@@H]1COC[C@@H](O)[C@H]1O)c1c(F)cccc1Cl. The van der Waals surface area contributed by atoms with Crippen molar-refractivity contribution in [2.75, 3.05) is 13.2 Å². The number of nitrogens with one attached hydrogen (secondary N) is 1. The van der Waals surface area contributed by atoms with Gasteiger partial charge in [-0.2, -0.15) is 0 Å². The molecule has 1 amide bonds. The van der Waals surface area contributed by atoms with Crippen molar-refractivity contribution in [3.8, 4) is 0 Å².